The monoisotopic (exact) mass is 492 g/mol. The van der Waals surface area contributed by atoms with Crippen molar-refractivity contribution in [2.45, 2.75) is 83.7 Å². The second-order valence-electron chi connectivity index (χ2n) is 9.78. The summed E-state index contributed by atoms with van der Waals surface area (Å²) < 4.78 is 41.0. The lowest BCUT2D eigenvalue weighted by atomic mass is 10.1. The number of amidine groups is 1. The first kappa shape index (κ1) is 27.1. The molecular weight excluding hydrogens is 453 g/mol. The van der Waals surface area contributed by atoms with E-state index in [1.54, 1.807) is 26.2 Å². The maximum atomic E-state index is 13.7. The number of hydrogen-bond donors (Lipinski definition) is 0. The van der Waals surface area contributed by atoms with Crippen LogP contribution in [0.5, 0.6) is 0 Å². The van der Waals surface area contributed by atoms with Gasteiger partial charge in [0.1, 0.15) is 5.70 Å². The quantitative estimate of drug-likeness (QED) is 0.228. The SMILES string of the molecule is CCCCCCCCCCCCN1CCc2cc(N3C(=O)C(=CN(C)C)N=C3C(F)(F)F)ccc21. The highest BCUT2D eigenvalue weighted by atomic mass is 19.4. The van der Waals surface area contributed by atoms with Crippen LogP contribution in [0.4, 0.5) is 24.5 Å². The number of fused-ring (bicyclic) bond motifs is 1. The number of amides is 1. The van der Waals surface area contributed by atoms with E-state index in [2.05, 4.69) is 16.8 Å². The third-order valence-electron chi connectivity index (χ3n) is 6.59. The number of nitrogens with zero attached hydrogens (tertiary/aromatic N) is 4. The third-order valence-corrected chi connectivity index (χ3v) is 6.59. The van der Waals surface area contributed by atoms with E-state index in [-0.39, 0.29) is 11.4 Å². The van der Waals surface area contributed by atoms with Crippen LogP contribution in [0, 0.1) is 0 Å². The smallest absolute Gasteiger partial charge is 0.382 e. The summed E-state index contributed by atoms with van der Waals surface area (Å²) in [7, 11) is 3.29. The molecule has 2 aliphatic rings. The molecule has 5 nitrogen and oxygen atoms in total. The lowest BCUT2D eigenvalue weighted by Crippen LogP contribution is -2.41. The minimum atomic E-state index is -4.72. The minimum Gasteiger partial charge on any atom is -0.382 e. The number of benzene rings is 1. The highest BCUT2D eigenvalue weighted by Gasteiger charge is 2.48. The van der Waals surface area contributed by atoms with E-state index >= 15 is 0 Å². The molecule has 0 unspecified atom stereocenters. The van der Waals surface area contributed by atoms with Gasteiger partial charge in [0.15, 0.2) is 0 Å². The van der Waals surface area contributed by atoms with Crippen molar-refractivity contribution in [2.24, 2.45) is 4.99 Å². The molecule has 2 heterocycles. The van der Waals surface area contributed by atoms with Crippen LogP contribution in [0.2, 0.25) is 0 Å². The molecule has 0 radical (unpaired) electrons. The van der Waals surface area contributed by atoms with Gasteiger partial charge in [-0.25, -0.2) is 4.99 Å². The molecule has 1 aromatic rings. The fourth-order valence-electron chi connectivity index (χ4n) is 4.80. The Balaban J connectivity index is 1.55. The molecular formula is C27H39F3N4O. The summed E-state index contributed by atoms with van der Waals surface area (Å²) >= 11 is 0. The summed E-state index contributed by atoms with van der Waals surface area (Å²) in [5.74, 6) is -1.94. The van der Waals surface area contributed by atoms with Crippen LogP contribution in [0.3, 0.4) is 0 Å². The fourth-order valence-corrected chi connectivity index (χ4v) is 4.80. The Hall–Kier alpha value is -2.51. The molecule has 0 spiro atoms. The Morgan fingerprint density at radius 1 is 1.00 bits per heavy atom. The number of aliphatic imine (C=N–C) groups is 1. The zero-order chi connectivity index (χ0) is 25.4. The molecule has 0 aromatic heterocycles. The number of carbonyl (C=O) groups is 1. The first-order valence-corrected chi connectivity index (χ1v) is 13.0. The average molecular weight is 493 g/mol. The summed E-state index contributed by atoms with van der Waals surface area (Å²) in [6, 6.07) is 5.17. The lowest BCUT2D eigenvalue weighted by Gasteiger charge is -2.22. The Morgan fingerprint density at radius 3 is 2.23 bits per heavy atom. The van der Waals surface area contributed by atoms with Gasteiger partial charge in [-0.3, -0.25) is 9.69 Å². The van der Waals surface area contributed by atoms with Crippen LogP contribution in [-0.2, 0) is 11.2 Å². The van der Waals surface area contributed by atoms with Crippen LogP contribution < -0.4 is 9.80 Å². The number of alkyl halides is 3. The van der Waals surface area contributed by atoms with Crippen LogP contribution in [0.15, 0.2) is 35.1 Å². The van der Waals surface area contributed by atoms with Gasteiger partial charge in [0.05, 0.1) is 5.69 Å². The summed E-state index contributed by atoms with van der Waals surface area (Å²) in [5, 5.41) is 0. The van der Waals surface area contributed by atoms with Crippen molar-refractivity contribution in [2.75, 3.05) is 37.0 Å². The number of hydrogen-bond acceptors (Lipinski definition) is 4. The van der Waals surface area contributed by atoms with Crippen LogP contribution >= 0.6 is 0 Å². The zero-order valence-corrected chi connectivity index (χ0v) is 21.3. The van der Waals surface area contributed by atoms with Crippen molar-refractivity contribution >= 4 is 23.1 Å². The first-order valence-electron chi connectivity index (χ1n) is 13.0. The zero-order valence-electron chi connectivity index (χ0n) is 21.3. The van der Waals surface area contributed by atoms with E-state index in [1.165, 1.54) is 68.9 Å². The summed E-state index contributed by atoms with van der Waals surface area (Å²) in [4.78, 5) is 20.9. The Bertz CT molecular complexity index is 923. The van der Waals surface area contributed by atoms with Gasteiger partial charge in [-0.15, -0.1) is 0 Å². The maximum absolute atomic E-state index is 13.7. The number of carbonyl (C=O) groups excluding carboxylic acids is 1. The van der Waals surface area contributed by atoms with Gasteiger partial charge in [-0.1, -0.05) is 64.7 Å². The molecule has 0 aliphatic carbocycles. The molecule has 0 N–H and O–H groups in total. The Labute approximate surface area is 207 Å². The lowest BCUT2D eigenvalue weighted by molar-refractivity contribution is -0.114. The predicted molar refractivity (Wildman–Crippen MR) is 137 cm³/mol. The van der Waals surface area contributed by atoms with E-state index in [4.69, 9.17) is 0 Å². The number of unbranched alkanes of at least 4 members (excludes halogenated alkanes) is 9. The summed E-state index contributed by atoms with van der Waals surface area (Å²) in [6.45, 7) is 4.05. The molecule has 2 aliphatic heterocycles. The summed E-state index contributed by atoms with van der Waals surface area (Å²) in [6.07, 6.45) is 10.2. The highest BCUT2D eigenvalue weighted by molar-refractivity contribution is 6.29. The molecule has 0 saturated carbocycles. The van der Waals surface area contributed by atoms with Crippen LogP contribution in [0.1, 0.15) is 76.7 Å². The van der Waals surface area contributed by atoms with Gasteiger partial charge < -0.3 is 9.80 Å². The van der Waals surface area contributed by atoms with Gasteiger partial charge in [0, 0.05) is 39.1 Å². The normalized spacial score (nSPS) is 16.9. The standard InChI is InChI=1S/C27H39F3N4O/c1-4-5-6-7-8-9-10-11-12-13-17-33-18-16-21-19-22(14-15-24(21)33)34-25(35)23(20-32(2)3)31-26(34)27(28,29)30/h14-15,19-20H,4-13,16-18H2,1-3H3. The van der Waals surface area contributed by atoms with E-state index in [9.17, 15) is 18.0 Å². The second-order valence-corrected chi connectivity index (χ2v) is 9.78. The molecule has 0 fully saturated rings. The average Bonchev–Trinajstić information content (AvgIpc) is 3.35. The fraction of sp³-hybridized carbons (Fsp3) is 0.630. The van der Waals surface area contributed by atoms with Crippen molar-refractivity contribution in [3.63, 3.8) is 0 Å². The largest absolute Gasteiger partial charge is 0.450 e. The van der Waals surface area contributed by atoms with Crippen molar-refractivity contribution in [3.05, 3.63) is 35.7 Å². The third kappa shape index (κ3) is 7.24. The molecule has 194 valence electrons. The van der Waals surface area contributed by atoms with Crippen LogP contribution in [-0.4, -0.2) is 50.0 Å². The van der Waals surface area contributed by atoms with Crippen molar-refractivity contribution in [1.29, 1.82) is 0 Å². The van der Waals surface area contributed by atoms with Gasteiger partial charge in [-0.05, 0) is 36.6 Å². The molecule has 1 amide bonds. The Kier molecular flexibility index (Phi) is 9.63. The molecule has 0 saturated heterocycles. The maximum Gasteiger partial charge on any atom is 0.450 e. The van der Waals surface area contributed by atoms with Gasteiger partial charge in [0.25, 0.3) is 5.91 Å². The molecule has 0 atom stereocenters. The predicted octanol–water partition coefficient (Wildman–Crippen LogP) is 6.68. The van der Waals surface area contributed by atoms with Crippen molar-refractivity contribution < 1.29 is 18.0 Å². The minimum absolute atomic E-state index is 0.216. The van der Waals surface area contributed by atoms with E-state index in [0.717, 1.165) is 37.2 Å². The van der Waals surface area contributed by atoms with Gasteiger partial charge in [0.2, 0.25) is 5.84 Å². The van der Waals surface area contributed by atoms with E-state index < -0.39 is 17.9 Å². The summed E-state index contributed by atoms with van der Waals surface area (Å²) in [5.41, 5.74) is 2.04. The van der Waals surface area contributed by atoms with E-state index in [0.29, 0.717) is 4.90 Å². The topological polar surface area (TPSA) is 39.1 Å². The molecule has 0 bridgehead atoms. The van der Waals surface area contributed by atoms with Gasteiger partial charge >= 0.3 is 6.18 Å². The molecule has 35 heavy (non-hydrogen) atoms. The number of halogens is 3. The molecule has 8 heteroatoms. The molecule has 3 rings (SSSR count). The Morgan fingerprint density at radius 2 is 1.63 bits per heavy atom. The number of rotatable bonds is 13. The van der Waals surface area contributed by atoms with Crippen LogP contribution in [0.25, 0.3) is 0 Å². The first-order chi connectivity index (χ1) is 16.7. The van der Waals surface area contributed by atoms with E-state index in [1.807, 2.05) is 6.07 Å². The molecule has 1 aromatic carbocycles. The van der Waals surface area contributed by atoms with Crippen molar-refractivity contribution in [3.8, 4) is 0 Å². The highest BCUT2D eigenvalue weighted by Crippen LogP contribution is 2.36. The number of anilines is 2. The van der Waals surface area contributed by atoms with Crippen molar-refractivity contribution in [1.82, 2.24) is 4.90 Å². The van der Waals surface area contributed by atoms with Gasteiger partial charge in [-0.2, -0.15) is 13.2 Å². The second kappa shape index (κ2) is 12.5.